The molecule has 2 heterocycles. The Balaban J connectivity index is 2.00. The molecular formula is C25H24N2O2S. The normalized spacial score (nSPS) is 11.3. The van der Waals surface area contributed by atoms with Gasteiger partial charge in [0, 0.05) is 17.8 Å². The molecule has 0 unspecified atom stereocenters. The number of aromatic nitrogens is 2. The molecule has 0 aliphatic heterocycles. The van der Waals surface area contributed by atoms with Gasteiger partial charge in [0.15, 0.2) is 0 Å². The molecule has 5 heteroatoms. The maximum atomic E-state index is 13.5. The lowest BCUT2D eigenvalue weighted by Crippen LogP contribution is -2.28. The van der Waals surface area contributed by atoms with Crippen molar-refractivity contribution in [1.82, 2.24) is 9.55 Å². The summed E-state index contributed by atoms with van der Waals surface area (Å²) < 4.78 is 1.71. The molecule has 0 fully saturated rings. The number of benzene rings is 2. The second-order valence-electron chi connectivity index (χ2n) is 7.42. The first-order chi connectivity index (χ1) is 14.6. The molecule has 0 saturated heterocycles. The molecule has 152 valence electrons. The van der Waals surface area contributed by atoms with Gasteiger partial charge in [0.2, 0.25) is 0 Å². The molecule has 2 aromatic carbocycles. The highest BCUT2D eigenvalue weighted by Crippen LogP contribution is 2.32. The maximum absolute atomic E-state index is 13.5. The van der Waals surface area contributed by atoms with E-state index in [0.29, 0.717) is 24.2 Å². The van der Waals surface area contributed by atoms with Gasteiger partial charge in [0.25, 0.3) is 5.56 Å². The molecule has 0 aliphatic rings. The number of aryl methyl sites for hydroxylation is 1. The minimum absolute atomic E-state index is 0.0588. The number of carbonyl (C=O) groups excluding carboxylic acids is 1. The molecular weight excluding hydrogens is 392 g/mol. The molecule has 0 radical (unpaired) electrons. The maximum Gasteiger partial charge on any atom is 0.262 e. The Morgan fingerprint density at radius 2 is 1.63 bits per heavy atom. The first-order valence-corrected chi connectivity index (χ1v) is 11.0. The average molecular weight is 417 g/mol. The van der Waals surface area contributed by atoms with E-state index in [1.807, 2.05) is 42.5 Å². The van der Waals surface area contributed by atoms with Crippen LogP contribution < -0.4 is 5.56 Å². The van der Waals surface area contributed by atoms with Crippen LogP contribution in [-0.4, -0.2) is 15.3 Å². The zero-order chi connectivity index (χ0) is 21.1. The third-order valence-electron chi connectivity index (χ3n) is 5.29. The Kier molecular flexibility index (Phi) is 5.91. The molecule has 0 atom stereocenters. The van der Waals surface area contributed by atoms with Crippen molar-refractivity contribution in [3.63, 3.8) is 0 Å². The quantitative estimate of drug-likeness (QED) is 0.417. The molecule has 2 aromatic heterocycles. The van der Waals surface area contributed by atoms with Crippen LogP contribution in [0.25, 0.3) is 10.2 Å². The summed E-state index contributed by atoms with van der Waals surface area (Å²) in [5.41, 5.74) is 2.07. The number of carbonyl (C=O) groups is 1. The number of nitrogens with zero attached hydrogens (tertiary/aromatic N) is 2. The van der Waals surface area contributed by atoms with Gasteiger partial charge in [-0.25, -0.2) is 4.98 Å². The monoisotopic (exact) mass is 416 g/mol. The molecule has 0 bridgehead atoms. The molecule has 4 nitrogen and oxygen atoms in total. The highest BCUT2D eigenvalue weighted by molar-refractivity contribution is 7.18. The molecule has 30 heavy (non-hydrogen) atoms. The van der Waals surface area contributed by atoms with Crippen LogP contribution in [0.5, 0.6) is 0 Å². The van der Waals surface area contributed by atoms with E-state index in [4.69, 9.17) is 4.98 Å². The van der Waals surface area contributed by atoms with E-state index in [9.17, 15) is 9.59 Å². The predicted molar refractivity (Wildman–Crippen MR) is 122 cm³/mol. The van der Waals surface area contributed by atoms with Gasteiger partial charge in [0.05, 0.1) is 11.3 Å². The number of hydrogen-bond acceptors (Lipinski definition) is 4. The lowest BCUT2D eigenvalue weighted by atomic mass is 9.90. The summed E-state index contributed by atoms with van der Waals surface area (Å²) in [7, 11) is 0. The van der Waals surface area contributed by atoms with Crippen LogP contribution in [0.3, 0.4) is 0 Å². The van der Waals surface area contributed by atoms with E-state index in [2.05, 4.69) is 31.2 Å². The van der Waals surface area contributed by atoms with E-state index in [-0.39, 0.29) is 17.3 Å². The smallest absolute Gasteiger partial charge is 0.262 e. The summed E-state index contributed by atoms with van der Waals surface area (Å²) in [6.07, 6.45) is 1.17. The van der Waals surface area contributed by atoms with Crippen LogP contribution in [0.1, 0.15) is 48.0 Å². The molecule has 0 aliphatic carbocycles. The first kappa shape index (κ1) is 20.2. The minimum Gasteiger partial charge on any atom is -0.300 e. The van der Waals surface area contributed by atoms with Crippen molar-refractivity contribution < 1.29 is 4.79 Å². The van der Waals surface area contributed by atoms with E-state index in [1.54, 1.807) is 22.8 Å². The van der Waals surface area contributed by atoms with Gasteiger partial charge in [-0.3, -0.25) is 14.2 Å². The Bertz CT molecular complexity index is 1190. The van der Waals surface area contributed by atoms with Gasteiger partial charge in [-0.15, -0.1) is 11.3 Å². The standard InChI is InChI=1S/C25H24N2O2S/c1-3-20-16-21-24(30-20)26-23(27(25(21)29)15-14-17(2)28)22(18-10-6-4-7-11-18)19-12-8-5-9-13-19/h4-13,16,22H,3,14-15H2,1-2H3. The first-order valence-electron chi connectivity index (χ1n) is 10.2. The van der Waals surface area contributed by atoms with E-state index >= 15 is 0 Å². The summed E-state index contributed by atoms with van der Waals surface area (Å²) >= 11 is 1.58. The number of rotatable bonds is 7. The van der Waals surface area contributed by atoms with Crippen molar-refractivity contribution >= 4 is 27.3 Å². The van der Waals surface area contributed by atoms with Crippen LogP contribution in [0.15, 0.2) is 71.5 Å². The predicted octanol–water partition coefficient (Wildman–Crippen LogP) is 5.18. The fourth-order valence-electron chi connectivity index (χ4n) is 3.74. The van der Waals surface area contributed by atoms with Crippen LogP contribution in [0.2, 0.25) is 0 Å². The Labute approximate surface area is 179 Å². The fourth-order valence-corrected chi connectivity index (χ4v) is 4.71. The molecule has 4 rings (SSSR count). The number of thiophene rings is 1. The number of ketones is 1. The summed E-state index contributed by atoms with van der Waals surface area (Å²) in [4.78, 5) is 32.1. The summed E-state index contributed by atoms with van der Waals surface area (Å²) in [6.45, 7) is 3.97. The second-order valence-corrected chi connectivity index (χ2v) is 8.53. The Morgan fingerprint density at radius 3 is 2.17 bits per heavy atom. The lowest BCUT2D eigenvalue weighted by molar-refractivity contribution is -0.117. The van der Waals surface area contributed by atoms with E-state index in [1.165, 1.54) is 0 Å². The Hall–Kier alpha value is -3.05. The average Bonchev–Trinajstić information content (AvgIpc) is 3.19. The molecule has 0 saturated carbocycles. The summed E-state index contributed by atoms with van der Waals surface area (Å²) in [5.74, 6) is 0.558. The zero-order valence-electron chi connectivity index (χ0n) is 17.2. The number of Topliss-reactive ketones (excluding diaryl/α,β-unsaturated/α-hetero) is 1. The van der Waals surface area contributed by atoms with Crippen LogP contribution in [0, 0.1) is 0 Å². The van der Waals surface area contributed by atoms with Crippen molar-refractivity contribution in [3.05, 3.63) is 98.9 Å². The van der Waals surface area contributed by atoms with Gasteiger partial charge in [-0.05, 0) is 30.5 Å². The van der Waals surface area contributed by atoms with Gasteiger partial charge >= 0.3 is 0 Å². The van der Waals surface area contributed by atoms with Gasteiger partial charge in [-0.1, -0.05) is 67.6 Å². The molecule has 4 aromatic rings. The number of fused-ring (bicyclic) bond motifs is 1. The molecule has 0 amide bonds. The third kappa shape index (κ3) is 3.98. The zero-order valence-corrected chi connectivity index (χ0v) is 18.0. The SMILES string of the molecule is CCc1cc2c(=O)n(CCC(C)=O)c(C(c3ccccc3)c3ccccc3)nc2s1. The second kappa shape index (κ2) is 8.76. The van der Waals surface area contributed by atoms with E-state index in [0.717, 1.165) is 27.3 Å². The molecule has 0 spiro atoms. The van der Waals surface area contributed by atoms with Crippen LogP contribution in [-0.2, 0) is 17.8 Å². The van der Waals surface area contributed by atoms with Crippen LogP contribution in [0.4, 0.5) is 0 Å². The van der Waals surface area contributed by atoms with Crippen LogP contribution >= 0.6 is 11.3 Å². The highest BCUT2D eigenvalue weighted by Gasteiger charge is 2.24. The lowest BCUT2D eigenvalue weighted by Gasteiger charge is -2.22. The Morgan fingerprint density at radius 1 is 1.03 bits per heavy atom. The fraction of sp³-hybridized carbons (Fsp3) is 0.240. The van der Waals surface area contributed by atoms with Gasteiger partial charge < -0.3 is 0 Å². The van der Waals surface area contributed by atoms with Gasteiger partial charge in [-0.2, -0.15) is 0 Å². The minimum atomic E-state index is -0.191. The van der Waals surface area contributed by atoms with E-state index < -0.39 is 0 Å². The number of hydrogen-bond donors (Lipinski definition) is 0. The largest absolute Gasteiger partial charge is 0.300 e. The summed E-state index contributed by atoms with van der Waals surface area (Å²) in [5, 5.41) is 0.643. The summed E-state index contributed by atoms with van der Waals surface area (Å²) in [6, 6.07) is 22.2. The topological polar surface area (TPSA) is 52.0 Å². The van der Waals surface area contributed by atoms with Crippen molar-refractivity contribution in [3.8, 4) is 0 Å². The van der Waals surface area contributed by atoms with Gasteiger partial charge in [0.1, 0.15) is 16.4 Å². The van der Waals surface area contributed by atoms with Crippen molar-refractivity contribution in [1.29, 1.82) is 0 Å². The van der Waals surface area contributed by atoms with Crippen molar-refractivity contribution in [2.75, 3.05) is 0 Å². The van der Waals surface area contributed by atoms with Crippen molar-refractivity contribution in [2.24, 2.45) is 0 Å². The highest BCUT2D eigenvalue weighted by atomic mass is 32.1. The third-order valence-corrected chi connectivity index (χ3v) is 6.46. The van der Waals surface area contributed by atoms with Crippen molar-refractivity contribution in [2.45, 2.75) is 39.2 Å². The molecule has 0 N–H and O–H groups in total.